The first-order chi connectivity index (χ1) is 13.7. The fourth-order valence-corrected chi connectivity index (χ4v) is 4.17. The highest BCUT2D eigenvalue weighted by Gasteiger charge is 2.26. The zero-order valence-electron chi connectivity index (χ0n) is 15.3. The van der Waals surface area contributed by atoms with Gasteiger partial charge >= 0.3 is 0 Å². The van der Waals surface area contributed by atoms with Gasteiger partial charge in [0.1, 0.15) is 5.82 Å². The molecule has 1 fully saturated rings. The normalized spacial score (nSPS) is 16.8. The molecular formula is C21H21FN4OS. The predicted octanol–water partition coefficient (Wildman–Crippen LogP) is 4.37. The number of halogens is 1. The molecule has 3 heterocycles. The minimum absolute atomic E-state index is 0.166. The van der Waals surface area contributed by atoms with E-state index in [1.165, 1.54) is 12.1 Å². The maximum Gasteiger partial charge on any atom is 0.227 e. The minimum Gasteiger partial charge on any atom is -0.342 e. The summed E-state index contributed by atoms with van der Waals surface area (Å²) in [6, 6.07) is 12.1. The van der Waals surface area contributed by atoms with Gasteiger partial charge in [-0.1, -0.05) is 12.1 Å². The third-order valence-corrected chi connectivity index (χ3v) is 5.73. The number of carbonyl (C=O) groups is 1. The van der Waals surface area contributed by atoms with Gasteiger partial charge in [-0.3, -0.25) is 4.79 Å². The smallest absolute Gasteiger partial charge is 0.227 e. The van der Waals surface area contributed by atoms with E-state index in [0.717, 1.165) is 30.0 Å². The molecule has 0 radical (unpaired) electrons. The van der Waals surface area contributed by atoms with Crippen LogP contribution in [0, 0.1) is 5.82 Å². The van der Waals surface area contributed by atoms with Gasteiger partial charge in [0.25, 0.3) is 0 Å². The summed E-state index contributed by atoms with van der Waals surface area (Å²) in [4.78, 5) is 24.5. The second-order valence-corrected chi connectivity index (χ2v) is 7.91. The van der Waals surface area contributed by atoms with Crippen LogP contribution in [-0.2, 0) is 11.2 Å². The highest BCUT2D eigenvalue weighted by atomic mass is 32.1. The number of likely N-dealkylation sites (tertiary alicyclic amines) is 1. The number of thiophene rings is 1. The Balaban J connectivity index is 1.44. The first-order valence-electron chi connectivity index (χ1n) is 9.33. The Bertz CT molecular complexity index is 947. The molecule has 4 rings (SSSR count). The quantitative estimate of drug-likeness (QED) is 0.696. The van der Waals surface area contributed by atoms with Crippen LogP contribution in [0.4, 0.5) is 16.0 Å². The third-order valence-electron chi connectivity index (χ3n) is 4.86. The molecule has 0 bridgehead atoms. The number of hydrogen-bond acceptors (Lipinski definition) is 5. The Morgan fingerprint density at radius 3 is 3.04 bits per heavy atom. The Hall–Kier alpha value is -2.80. The number of nitrogens with zero attached hydrogens (tertiary/aromatic N) is 3. The highest BCUT2D eigenvalue weighted by Crippen LogP contribution is 2.27. The monoisotopic (exact) mass is 396 g/mol. The van der Waals surface area contributed by atoms with Crippen molar-refractivity contribution in [1.29, 1.82) is 0 Å². The van der Waals surface area contributed by atoms with Crippen LogP contribution in [0.15, 0.2) is 54.0 Å². The molecule has 28 heavy (non-hydrogen) atoms. The van der Waals surface area contributed by atoms with Crippen LogP contribution in [0.5, 0.6) is 0 Å². The number of anilines is 2. The largest absolute Gasteiger partial charge is 0.342 e. The molecule has 0 aliphatic carbocycles. The van der Waals surface area contributed by atoms with Gasteiger partial charge in [-0.25, -0.2) is 14.4 Å². The topological polar surface area (TPSA) is 58.1 Å². The van der Waals surface area contributed by atoms with Crippen molar-refractivity contribution < 1.29 is 9.18 Å². The Morgan fingerprint density at radius 1 is 1.29 bits per heavy atom. The number of aromatic nitrogens is 2. The maximum absolute atomic E-state index is 13.4. The van der Waals surface area contributed by atoms with E-state index in [-0.39, 0.29) is 17.6 Å². The van der Waals surface area contributed by atoms with E-state index >= 15 is 0 Å². The van der Waals surface area contributed by atoms with Crippen molar-refractivity contribution in [3.63, 3.8) is 0 Å². The summed E-state index contributed by atoms with van der Waals surface area (Å²) >= 11 is 1.61. The second kappa shape index (κ2) is 8.48. The average Bonchev–Trinajstić information content (AvgIpc) is 3.21. The molecular weight excluding hydrogens is 375 g/mol. The number of benzene rings is 1. The molecule has 1 aliphatic rings. The lowest BCUT2D eigenvalue weighted by Crippen LogP contribution is -2.40. The number of carbonyl (C=O) groups excluding carboxylic acids is 1. The van der Waals surface area contributed by atoms with Gasteiger partial charge in [0.15, 0.2) is 0 Å². The van der Waals surface area contributed by atoms with E-state index in [0.29, 0.717) is 24.6 Å². The van der Waals surface area contributed by atoms with Crippen LogP contribution in [0.2, 0.25) is 0 Å². The van der Waals surface area contributed by atoms with Crippen LogP contribution in [-0.4, -0.2) is 33.9 Å². The fraction of sp³-hybridized carbons (Fsp3) is 0.286. The van der Waals surface area contributed by atoms with Gasteiger partial charge in [-0.05, 0) is 48.6 Å². The molecule has 2 aromatic heterocycles. The van der Waals surface area contributed by atoms with Gasteiger partial charge in [0.05, 0.1) is 12.1 Å². The Kier molecular flexibility index (Phi) is 5.62. The first-order valence-corrected chi connectivity index (χ1v) is 10.2. The molecule has 3 aromatic rings. The molecule has 7 heteroatoms. The maximum atomic E-state index is 13.4. The van der Waals surface area contributed by atoms with E-state index in [9.17, 15) is 9.18 Å². The Labute approximate surface area is 167 Å². The van der Waals surface area contributed by atoms with Gasteiger partial charge in [0.2, 0.25) is 11.9 Å². The van der Waals surface area contributed by atoms with Crippen LogP contribution in [0.1, 0.15) is 29.3 Å². The van der Waals surface area contributed by atoms with Crippen LogP contribution in [0.25, 0.3) is 0 Å². The Morgan fingerprint density at radius 2 is 2.21 bits per heavy atom. The molecule has 0 unspecified atom stereocenters. The zero-order chi connectivity index (χ0) is 19.3. The first kappa shape index (κ1) is 18.6. The van der Waals surface area contributed by atoms with Gasteiger partial charge < -0.3 is 10.2 Å². The summed E-state index contributed by atoms with van der Waals surface area (Å²) in [5, 5.41) is 5.04. The van der Waals surface area contributed by atoms with E-state index in [4.69, 9.17) is 0 Å². The number of rotatable bonds is 5. The van der Waals surface area contributed by atoms with E-state index in [2.05, 4.69) is 15.3 Å². The molecule has 1 aliphatic heterocycles. The van der Waals surface area contributed by atoms with Crippen molar-refractivity contribution in [2.75, 3.05) is 18.4 Å². The van der Waals surface area contributed by atoms with Crippen molar-refractivity contribution in [1.82, 2.24) is 14.9 Å². The van der Waals surface area contributed by atoms with Gasteiger partial charge in [0, 0.05) is 35.8 Å². The molecule has 1 saturated heterocycles. The predicted molar refractivity (Wildman–Crippen MR) is 108 cm³/mol. The SMILES string of the molecule is O=C(Cc1cccs1)N1CCC[C@H](c2ccnc(Nc3cccc(F)c3)n2)C1. The summed E-state index contributed by atoms with van der Waals surface area (Å²) in [5.41, 5.74) is 1.51. The molecule has 1 amide bonds. The van der Waals surface area contributed by atoms with Crippen molar-refractivity contribution in [3.05, 3.63) is 70.4 Å². The van der Waals surface area contributed by atoms with Crippen molar-refractivity contribution in [2.24, 2.45) is 0 Å². The minimum atomic E-state index is -0.312. The summed E-state index contributed by atoms with van der Waals surface area (Å²) in [6.45, 7) is 1.46. The molecule has 5 nitrogen and oxygen atoms in total. The molecule has 1 aromatic carbocycles. The zero-order valence-corrected chi connectivity index (χ0v) is 16.2. The van der Waals surface area contributed by atoms with E-state index in [1.54, 1.807) is 29.7 Å². The number of amides is 1. The van der Waals surface area contributed by atoms with Gasteiger partial charge in [-0.2, -0.15) is 0 Å². The average molecular weight is 396 g/mol. The molecule has 0 saturated carbocycles. The summed E-state index contributed by atoms with van der Waals surface area (Å²) < 4.78 is 13.4. The summed E-state index contributed by atoms with van der Waals surface area (Å²) in [5.74, 6) is 0.467. The molecule has 144 valence electrons. The lowest BCUT2D eigenvalue weighted by atomic mass is 9.94. The van der Waals surface area contributed by atoms with Crippen molar-refractivity contribution in [3.8, 4) is 0 Å². The number of nitrogens with one attached hydrogen (secondary N) is 1. The number of hydrogen-bond donors (Lipinski definition) is 1. The van der Waals surface area contributed by atoms with Crippen LogP contribution >= 0.6 is 11.3 Å². The lowest BCUT2D eigenvalue weighted by Gasteiger charge is -2.32. The van der Waals surface area contributed by atoms with E-state index < -0.39 is 0 Å². The lowest BCUT2D eigenvalue weighted by molar-refractivity contribution is -0.131. The fourth-order valence-electron chi connectivity index (χ4n) is 3.47. The molecule has 1 N–H and O–H groups in total. The van der Waals surface area contributed by atoms with Gasteiger partial charge in [-0.15, -0.1) is 11.3 Å². The van der Waals surface area contributed by atoms with Crippen LogP contribution < -0.4 is 5.32 Å². The number of piperidine rings is 1. The summed E-state index contributed by atoms with van der Waals surface area (Å²) in [7, 11) is 0. The van der Waals surface area contributed by atoms with Crippen LogP contribution in [0.3, 0.4) is 0 Å². The van der Waals surface area contributed by atoms with Crippen molar-refractivity contribution in [2.45, 2.75) is 25.2 Å². The molecule has 1 atom stereocenters. The van der Waals surface area contributed by atoms with E-state index in [1.807, 2.05) is 28.5 Å². The summed E-state index contributed by atoms with van der Waals surface area (Å²) in [6.07, 6.45) is 4.10. The third kappa shape index (κ3) is 4.54. The highest BCUT2D eigenvalue weighted by molar-refractivity contribution is 7.10. The van der Waals surface area contributed by atoms with Crippen molar-refractivity contribution >= 4 is 28.9 Å². The second-order valence-electron chi connectivity index (χ2n) is 6.88. The molecule has 0 spiro atoms. The standard InChI is InChI=1S/C21H21FN4OS/c22-16-5-1-6-17(12-16)24-21-23-9-8-19(25-21)15-4-2-10-26(14-15)20(27)13-18-7-3-11-28-18/h1,3,5-9,11-12,15H,2,4,10,13-14H2,(H,23,24,25)/t15-/m0/s1.